The van der Waals surface area contributed by atoms with E-state index in [1.165, 1.54) is 34.6 Å². The first-order chi connectivity index (χ1) is 9.67. The molecule has 3 aliphatic carbocycles. The Morgan fingerprint density at radius 1 is 0.700 bits per heavy atom. The Bertz CT molecular complexity index is 596. The van der Waals surface area contributed by atoms with Crippen LogP contribution >= 0.6 is 23.5 Å². The summed E-state index contributed by atoms with van der Waals surface area (Å²) >= 11 is 4.20. The van der Waals surface area contributed by atoms with Gasteiger partial charge in [0.15, 0.2) is 0 Å². The molecule has 5 rings (SSSR count). The molecule has 0 aromatic heterocycles. The summed E-state index contributed by atoms with van der Waals surface area (Å²) in [5.41, 5.74) is 1.35. The van der Waals surface area contributed by atoms with Crippen LogP contribution in [-0.4, -0.2) is 9.49 Å². The SMILES string of the molecule is Cc1ccc(SC23CC(Sc4ccccc4)(C2)C3)cc1. The zero-order valence-corrected chi connectivity index (χ0v) is 13.3. The van der Waals surface area contributed by atoms with E-state index in [0.717, 1.165) is 0 Å². The van der Waals surface area contributed by atoms with Gasteiger partial charge in [-0.1, -0.05) is 35.9 Å². The van der Waals surface area contributed by atoms with Gasteiger partial charge in [0.25, 0.3) is 0 Å². The molecule has 0 saturated heterocycles. The molecule has 20 heavy (non-hydrogen) atoms. The minimum Gasteiger partial charge on any atom is -0.119 e. The Hall–Kier alpha value is -0.860. The first-order valence-corrected chi connectivity index (χ1v) is 8.80. The van der Waals surface area contributed by atoms with Crippen LogP contribution in [0, 0.1) is 6.92 Å². The molecule has 0 heterocycles. The van der Waals surface area contributed by atoms with Gasteiger partial charge in [0.2, 0.25) is 0 Å². The fourth-order valence-corrected chi connectivity index (χ4v) is 7.35. The fraction of sp³-hybridized carbons (Fsp3) is 0.333. The van der Waals surface area contributed by atoms with Gasteiger partial charge in [-0.15, -0.1) is 23.5 Å². The van der Waals surface area contributed by atoms with Crippen molar-refractivity contribution in [2.75, 3.05) is 0 Å². The van der Waals surface area contributed by atoms with Crippen LogP contribution in [0.3, 0.4) is 0 Å². The molecule has 0 radical (unpaired) electrons. The Kier molecular flexibility index (Phi) is 2.94. The van der Waals surface area contributed by atoms with Gasteiger partial charge in [0.1, 0.15) is 0 Å². The van der Waals surface area contributed by atoms with Gasteiger partial charge < -0.3 is 0 Å². The molecule has 3 saturated carbocycles. The molecule has 2 heteroatoms. The van der Waals surface area contributed by atoms with Crippen molar-refractivity contribution in [3.8, 4) is 0 Å². The van der Waals surface area contributed by atoms with Crippen LogP contribution < -0.4 is 0 Å². The maximum atomic E-state index is 2.28. The lowest BCUT2D eigenvalue weighted by Crippen LogP contribution is -2.68. The number of thioether (sulfide) groups is 2. The Balaban J connectivity index is 1.38. The third-order valence-electron chi connectivity index (χ3n) is 4.37. The smallest absolute Gasteiger partial charge is 0.0247 e. The molecule has 0 N–H and O–H groups in total. The Morgan fingerprint density at radius 3 is 1.75 bits per heavy atom. The molecule has 0 atom stereocenters. The highest BCUT2D eigenvalue weighted by Gasteiger charge is 2.68. The van der Waals surface area contributed by atoms with E-state index in [-0.39, 0.29) is 0 Å². The van der Waals surface area contributed by atoms with Gasteiger partial charge >= 0.3 is 0 Å². The zero-order valence-electron chi connectivity index (χ0n) is 11.6. The van der Waals surface area contributed by atoms with Crippen LogP contribution in [0.25, 0.3) is 0 Å². The number of hydrogen-bond acceptors (Lipinski definition) is 2. The van der Waals surface area contributed by atoms with Gasteiger partial charge in [-0.2, -0.15) is 0 Å². The van der Waals surface area contributed by atoms with Crippen LogP contribution in [0.15, 0.2) is 64.4 Å². The summed E-state index contributed by atoms with van der Waals surface area (Å²) in [6.45, 7) is 2.15. The van der Waals surface area contributed by atoms with Crippen molar-refractivity contribution in [2.24, 2.45) is 0 Å². The van der Waals surface area contributed by atoms with Gasteiger partial charge in [-0.25, -0.2) is 0 Å². The van der Waals surface area contributed by atoms with Gasteiger partial charge in [-0.05, 0) is 50.5 Å². The third kappa shape index (κ3) is 2.19. The molecule has 3 fully saturated rings. The van der Waals surface area contributed by atoms with Gasteiger partial charge in [0, 0.05) is 19.3 Å². The highest BCUT2D eigenvalue weighted by molar-refractivity contribution is 8.03. The van der Waals surface area contributed by atoms with Crippen LogP contribution in [-0.2, 0) is 0 Å². The lowest BCUT2D eigenvalue weighted by atomic mass is 9.54. The molecule has 0 aliphatic heterocycles. The molecule has 3 aliphatic rings. The molecule has 102 valence electrons. The van der Waals surface area contributed by atoms with Crippen molar-refractivity contribution in [3.63, 3.8) is 0 Å². The average molecular weight is 298 g/mol. The van der Waals surface area contributed by atoms with Crippen molar-refractivity contribution in [2.45, 2.75) is 45.5 Å². The second-order valence-electron chi connectivity index (χ2n) is 6.23. The first kappa shape index (κ1) is 12.8. The van der Waals surface area contributed by atoms with Crippen LogP contribution in [0.2, 0.25) is 0 Å². The predicted molar refractivity (Wildman–Crippen MR) is 88.6 cm³/mol. The predicted octanol–water partition coefficient (Wildman–Crippen LogP) is 5.55. The summed E-state index contributed by atoms with van der Waals surface area (Å²) in [5.74, 6) is 0. The summed E-state index contributed by atoms with van der Waals surface area (Å²) in [4.78, 5) is 2.87. The maximum Gasteiger partial charge on any atom is 0.0247 e. The molecule has 0 unspecified atom stereocenters. The largest absolute Gasteiger partial charge is 0.119 e. The van der Waals surface area contributed by atoms with Gasteiger partial charge in [-0.3, -0.25) is 0 Å². The lowest BCUT2D eigenvalue weighted by molar-refractivity contribution is 0.0977. The van der Waals surface area contributed by atoms with Crippen LogP contribution in [0.5, 0.6) is 0 Å². The number of benzene rings is 2. The molecule has 2 aromatic rings. The standard InChI is InChI=1S/C18H18S2/c1-14-7-9-16(10-8-14)20-18-11-17(12-18,13-18)19-15-5-3-2-4-6-15/h2-10H,11-13H2,1H3. The van der Waals surface area contributed by atoms with E-state index in [4.69, 9.17) is 0 Å². The van der Waals surface area contributed by atoms with Crippen molar-refractivity contribution in [1.82, 2.24) is 0 Å². The normalized spacial score (nSPS) is 30.4. The summed E-state index contributed by atoms with van der Waals surface area (Å²) in [7, 11) is 0. The van der Waals surface area contributed by atoms with E-state index in [0.29, 0.717) is 9.49 Å². The van der Waals surface area contributed by atoms with E-state index in [1.807, 2.05) is 0 Å². The third-order valence-corrected chi connectivity index (χ3v) is 7.11. The van der Waals surface area contributed by atoms with E-state index in [2.05, 4.69) is 85.0 Å². The molecule has 2 aromatic carbocycles. The van der Waals surface area contributed by atoms with Crippen molar-refractivity contribution >= 4 is 23.5 Å². The molecular formula is C18H18S2. The molecule has 0 spiro atoms. The molecule has 0 nitrogen and oxygen atoms in total. The first-order valence-electron chi connectivity index (χ1n) is 7.17. The van der Waals surface area contributed by atoms with Crippen molar-refractivity contribution in [1.29, 1.82) is 0 Å². The highest BCUT2D eigenvalue weighted by Crippen LogP contribution is 2.75. The number of rotatable bonds is 4. The second-order valence-corrected chi connectivity index (χ2v) is 9.31. The van der Waals surface area contributed by atoms with E-state index in [9.17, 15) is 0 Å². The summed E-state index contributed by atoms with van der Waals surface area (Å²) in [5, 5.41) is 0. The average Bonchev–Trinajstić information content (AvgIpc) is 2.38. The summed E-state index contributed by atoms with van der Waals surface area (Å²) in [6, 6.07) is 19.9. The molecular weight excluding hydrogens is 280 g/mol. The Morgan fingerprint density at radius 2 is 1.20 bits per heavy atom. The van der Waals surface area contributed by atoms with Crippen molar-refractivity contribution < 1.29 is 0 Å². The van der Waals surface area contributed by atoms with Gasteiger partial charge in [0.05, 0.1) is 0 Å². The van der Waals surface area contributed by atoms with E-state index < -0.39 is 0 Å². The monoisotopic (exact) mass is 298 g/mol. The highest BCUT2D eigenvalue weighted by atomic mass is 32.2. The Labute approximate surface area is 129 Å². The van der Waals surface area contributed by atoms with Crippen molar-refractivity contribution in [3.05, 3.63) is 60.2 Å². The molecule has 0 amide bonds. The van der Waals surface area contributed by atoms with E-state index >= 15 is 0 Å². The number of aryl methyl sites for hydroxylation is 1. The van der Waals surface area contributed by atoms with E-state index in [1.54, 1.807) is 0 Å². The summed E-state index contributed by atoms with van der Waals surface area (Å²) in [6.07, 6.45) is 4.12. The quantitative estimate of drug-likeness (QED) is 0.725. The molecule has 2 bridgehead atoms. The summed E-state index contributed by atoms with van der Waals surface area (Å²) < 4.78 is 1.11. The van der Waals surface area contributed by atoms with Crippen LogP contribution in [0.4, 0.5) is 0 Å². The maximum absolute atomic E-state index is 2.28. The fourth-order valence-electron chi connectivity index (χ4n) is 3.42. The minimum atomic E-state index is 0.553. The number of hydrogen-bond donors (Lipinski definition) is 0. The minimum absolute atomic E-state index is 0.553. The van der Waals surface area contributed by atoms with Crippen LogP contribution in [0.1, 0.15) is 24.8 Å². The second kappa shape index (κ2) is 4.57. The topological polar surface area (TPSA) is 0 Å². The lowest BCUT2D eigenvalue weighted by Gasteiger charge is -2.69. The zero-order chi connectivity index (χ0) is 13.6.